The summed E-state index contributed by atoms with van der Waals surface area (Å²) in [4.78, 5) is 6.32. The van der Waals surface area contributed by atoms with Crippen molar-refractivity contribution in [3.05, 3.63) is 104 Å². The van der Waals surface area contributed by atoms with Crippen LogP contribution in [0.3, 0.4) is 0 Å². The monoisotopic (exact) mass is 740 g/mol. The van der Waals surface area contributed by atoms with E-state index in [-0.39, 0.29) is 32.5 Å². The Hall–Kier alpha value is -3.63. The van der Waals surface area contributed by atoms with Gasteiger partial charge in [0.15, 0.2) is 0 Å². The zero-order valence-electron chi connectivity index (χ0n) is 27.3. The Bertz CT molecular complexity index is 1790. The molecule has 264 valence electrons. The van der Waals surface area contributed by atoms with E-state index in [2.05, 4.69) is 21.3 Å². The molecule has 4 N–H and O–H groups in total. The van der Waals surface area contributed by atoms with Gasteiger partial charge in [0.1, 0.15) is 36.5 Å². The number of hydrogen-bond acceptors (Lipinski definition) is 10. The molecule has 13 heteroatoms. The zero-order chi connectivity index (χ0) is 35.5. The summed E-state index contributed by atoms with van der Waals surface area (Å²) in [6.45, 7) is 3.26. The molecule has 50 heavy (non-hydrogen) atoms. The number of β-amino-alcohol motifs (C(OH)–C–C–N with tert-alkyl or cyclic N) is 1. The van der Waals surface area contributed by atoms with Crippen LogP contribution >= 0.6 is 34.8 Å². The number of pyridine rings is 1. The first-order valence-corrected chi connectivity index (χ1v) is 17.4. The zero-order valence-corrected chi connectivity index (χ0v) is 29.6. The van der Waals surface area contributed by atoms with Crippen LogP contribution in [-0.2, 0) is 19.8 Å². The summed E-state index contributed by atoms with van der Waals surface area (Å²) in [7, 11) is 0. The molecule has 1 saturated heterocycles. The highest BCUT2D eigenvalue weighted by atomic mass is 35.5. The number of aliphatic hydroxyl groups excluding tert-OH is 3. The van der Waals surface area contributed by atoms with Crippen molar-refractivity contribution in [1.29, 1.82) is 5.26 Å². The van der Waals surface area contributed by atoms with Crippen LogP contribution in [0.15, 0.2) is 67.0 Å². The average molecular weight is 742 g/mol. The molecule has 0 radical (unpaired) electrons. The normalized spacial score (nSPS) is 15.1. The van der Waals surface area contributed by atoms with Crippen LogP contribution in [0.2, 0.25) is 15.1 Å². The SMILES string of the molecule is N#Cc1cncc(COc2cc(OCc3cccc(-c4cccc(OCCCN5CCC(O)C5)c4Cl)c3Cl)c(Cl)cc2CNCC(O)CO)c1. The Morgan fingerprint density at radius 3 is 2.48 bits per heavy atom. The summed E-state index contributed by atoms with van der Waals surface area (Å²) < 4.78 is 18.4. The van der Waals surface area contributed by atoms with Crippen molar-refractivity contribution in [3.63, 3.8) is 0 Å². The molecule has 1 aliphatic rings. The summed E-state index contributed by atoms with van der Waals surface area (Å²) in [5, 5.41) is 42.3. The molecule has 0 spiro atoms. The number of halogens is 3. The third-order valence-corrected chi connectivity index (χ3v) is 9.31. The van der Waals surface area contributed by atoms with E-state index in [1.165, 1.54) is 6.20 Å². The summed E-state index contributed by atoms with van der Waals surface area (Å²) in [6, 6.07) is 18.4. The molecular weight excluding hydrogens is 703 g/mol. The second kappa shape index (κ2) is 18.6. The Morgan fingerprint density at radius 2 is 1.72 bits per heavy atom. The van der Waals surface area contributed by atoms with Gasteiger partial charge in [0.2, 0.25) is 0 Å². The molecule has 2 atom stereocenters. The van der Waals surface area contributed by atoms with Gasteiger partial charge < -0.3 is 39.7 Å². The summed E-state index contributed by atoms with van der Waals surface area (Å²) in [5.74, 6) is 1.40. The van der Waals surface area contributed by atoms with Gasteiger partial charge in [-0.25, -0.2) is 0 Å². The second-order valence-electron chi connectivity index (χ2n) is 12.0. The Labute approximate surface area is 306 Å². The van der Waals surface area contributed by atoms with Gasteiger partial charge in [0.05, 0.1) is 46.1 Å². The molecular formula is C37H39Cl3N4O6. The van der Waals surface area contributed by atoms with Gasteiger partial charge in [-0.2, -0.15) is 5.26 Å². The minimum atomic E-state index is -0.913. The number of rotatable bonds is 17. The van der Waals surface area contributed by atoms with E-state index in [0.717, 1.165) is 37.1 Å². The number of aliphatic hydroxyl groups is 3. The van der Waals surface area contributed by atoms with Crippen LogP contribution in [0.1, 0.15) is 35.1 Å². The summed E-state index contributed by atoms with van der Waals surface area (Å²) in [6.07, 6.45) is 3.56. The molecule has 1 aliphatic heterocycles. The molecule has 10 nitrogen and oxygen atoms in total. The predicted octanol–water partition coefficient (Wildman–Crippen LogP) is 6.02. The molecule has 4 aromatic rings. The van der Waals surface area contributed by atoms with Gasteiger partial charge in [-0.15, -0.1) is 0 Å². The van der Waals surface area contributed by atoms with Gasteiger partial charge in [-0.1, -0.05) is 65.1 Å². The van der Waals surface area contributed by atoms with E-state index in [0.29, 0.717) is 74.3 Å². The number of aromatic nitrogens is 1. The Balaban J connectivity index is 1.29. The fourth-order valence-corrected chi connectivity index (χ4v) is 6.36. The number of hydrogen-bond donors (Lipinski definition) is 4. The first kappa shape index (κ1) is 37.6. The topological polar surface area (TPSA) is 140 Å². The van der Waals surface area contributed by atoms with Crippen molar-refractivity contribution < 1.29 is 29.5 Å². The standard InChI is InChI=1S/C37H39Cl3N4O6/c38-32-13-27(18-43-19-29(47)21-45)34(49-22-25-12-24(15-41)16-42-17-25)14-35(32)50-23-26-4-1-5-30(36(26)39)31-6-2-7-33(37(31)40)48-11-3-9-44-10-8-28(46)20-44/h1-2,4-7,12-14,16-17,28-29,43,45-47H,3,8-11,18-23H2. The summed E-state index contributed by atoms with van der Waals surface area (Å²) >= 11 is 20.4. The third kappa shape index (κ3) is 10.2. The van der Waals surface area contributed by atoms with Gasteiger partial charge in [0.25, 0.3) is 0 Å². The van der Waals surface area contributed by atoms with Crippen molar-refractivity contribution in [2.75, 3.05) is 39.4 Å². The highest BCUT2D eigenvalue weighted by Crippen LogP contribution is 2.40. The number of nitriles is 1. The molecule has 1 fully saturated rings. The van der Waals surface area contributed by atoms with Gasteiger partial charge in [0, 0.05) is 79.0 Å². The molecule has 0 bridgehead atoms. The fourth-order valence-electron chi connectivity index (χ4n) is 5.56. The fraction of sp³-hybridized carbons (Fsp3) is 0.351. The van der Waals surface area contributed by atoms with Crippen LogP contribution in [0.5, 0.6) is 17.2 Å². The Morgan fingerprint density at radius 1 is 0.940 bits per heavy atom. The average Bonchev–Trinajstić information content (AvgIpc) is 3.55. The lowest BCUT2D eigenvalue weighted by Gasteiger charge is -2.18. The maximum atomic E-state index is 9.76. The lowest BCUT2D eigenvalue weighted by molar-refractivity contribution is 0.0941. The quantitative estimate of drug-likeness (QED) is 0.0951. The third-order valence-electron chi connectivity index (χ3n) is 8.18. The molecule has 2 heterocycles. The second-order valence-corrected chi connectivity index (χ2v) is 13.1. The molecule has 3 aromatic carbocycles. The molecule has 0 amide bonds. The van der Waals surface area contributed by atoms with E-state index in [1.54, 1.807) is 24.4 Å². The van der Waals surface area contributed by atoms with Gasteiger partial charge in [-0.05, 0) is 31.0 Å². The van der Waals surface area contributed by atoms with Crippen molar-refractivity contribution in [2.24, 2.45) is 0 Å². The number of benzene rings is 3. The van der Waals surface area contributed by atoms with Crippen LogP contribution < -0.4 is 19.5 Å². The number of ether oxygens (including phenoxy) is 3. The molecule has 0 aliphatic carbocycles. The minimum absolute atomic E-state index is 0.0965. The number of likely N-dealkylation sites (tertiary alicyclic amines) is 1. The highest BCUT2D eigenvalue weighted by Gasteiger charge is 2.20. The van der Waals surface area contributed by atoms with E-state index in [1.807, 2.05) is 36.4 Å². The van der Waals surface area contributed by atoms with Crippen LogP contribution in [-0.4, -0.2) is 76.8 Å². The van der Waals surface area contributed by atoms with E-state index >= 15 is 0 Å². The predicted molar refractivity (Wildman–Crippen MR) is 193 cm³/mol. The highest BCUT2D eigenvalue weighted by molar-refractivity contribution is 6.37. The van der Waals surface area contributed by atoms with Crippen LogP contribution in [0.4, 0.5) is 0 Å². The molecule has 5 rings (SSSR count). The van der Waals surface area contributed by atoms with Gasteiger partial charge >= 0.3 is 0 Å². The maximum Gasteiger partial charge on any atom is 0.142 e. The first-order valence-electron chi connectivity index (χ1n) is 16.3. The number of nitrogens with zero attached hydrogens (tertiary/aromatic N) is 3. The largest absolute Gasteiger partial charge is 0.492 e. The Kier molecular flexibility index (Phi) is 14.0. The minimum Gasteiger partial charge on any atom is -0.492 e. The van der Waals surface area contributed by atoms with E-state index in [4.69, 9.17) is 54.1 Å². The smallest absolute Gasteiger partial charge is 0.142 e. The van der Waals surface area contributed by atoms with E-state index < -0.39 is 6.10 Å². The lowest BCUT2D eigenvalue weighted by Crippen LogP contribution is -2.29. The molecule has 0 saturated carbocycles. The summed E-state index contributed by atoms with van der Waals surface area (Å²) in [5.41, 5.74) is 3.98. The van der Waals surface area contributed by atoms with Crippen molar-refractivity contribution in [2.45, 2.75) is 44.8 Å². The van der Waals surface area contributed by atoms with Crippen molar-refractivity contribution in [1.82, 2.24) is 15.2 Å². The lowest BCUT2D eigenvalue weighted by atomic mass is 10.0. The first-order chi connectivity index (χ1) is 24.2. The van der Waals surface area contributed by atoms with Crippen LogP contribution in [0.25, 0.3) is 11.1 Å². The van der Waals surface area contributed by atoms with Crippen LogP contribution in [0, 0.1) is 11.3 Å². The van der Waals surface area contributed by atoms with Crippen molar-refractivity contribution >= 4 is 34.8 Å². The van der Waals surface area contributed by atoms with Gasteiger partial charge in [-0.3, -0.25) is 4.98 Å². The number of nitrogens with one attached hydrogen (secondary N) is 1. The maximum absolute atomic E-state index is 9.76. The molecule has 1 aromatic heterocycles. The molecule has 2 unspecified atom stereocenters. The van der Waals surface area contributed by atoms with Crippen molar-refractivity contribution in [3.8, 4) is 34.4 Å². The van der Waals surface area contributed by atoms with E-state index in [9.17, 15) is 15.5 Å².